The lowest BCUT2D eigenvalue weighted by molar-refractivity contribution is -0.122. The van der Waals surface area contributed by atoms with E-state index in [1.165, 1.54) is 6.92 Å². The highest BCUT2D eigenvalue weighted by Crippen LogP contribution is 2.34. The maximum atomic E-state index is 12.7. The van der Waals surface area contributed by atoms with Crippen molar-refractivity contribution in [3.8, 4) is 0 Å². The molecule has 2 aliphatic rings. The topological polar surface area (TPSA) is 86.8 Å². The summed E-state index contributed by atoms with van der Waals surface area (Å²) in [4.78, 5) is 52.2. The Balaban J connectivity index is 1.44. The van der Waals surface area contributed by atoms with E-state index in [0.717, 1.165) is 23.4 Å². The maximum absolute atomic E-state index is 12.7. The van der Waals surface area contributed by atoms with E-state index < -0.39 is 5.92 Å². The quantitative estimate of drug-likeness (QED) is 0.754. The summed E-state index contributed by atoms with van der Waals surface area (Å²) in [6.45, 7) is 4.31. The molecule has 1 N–H and O–H groups in total. The van der Waals surface area contributed by atoms with Gasteiger partial charge in [-0.1, -0.05) is 6.92 Å². The standard InChI is InChI=1S/C24H25N3O4/c1-3-22(29)26-11-10-17-12-20(8-9-21(17)26)27-14-18(13-23(27)30)24(31)25-19-6-4-16(5-7-19)15(2)28/h4-9,12,18H,3,10-11,13-14H2,1-2H3,(H,25,31)/t18-/m1/s1. The smallest absolute Gasteiger partial charge is 0.229 e. The molecule has 0 spiro atoms. The number of carbonyl (C=O) groups excluding carboxylic acids is 4. The van der Waals surface area contributed by atoms with E-state index in [0.29, 0.717) is 30.8 Å². The fourth-order valence-corrected chi connectivity index (χ4v) is 4.17. The number of hydrogen-bond donors (Lipinski definition) is 1. The van der Waals surface area contributed by atoms with Gasteiger partial charge in [-0.3, -0.25) is 19.2 Å². The molecule has 0 bridgehead atoms. The molecule has 2 aliphatic heterocycles. The van der Waals surface area contributed by atoms with Crippen LogP contribution in [0.2, 0.25) is 0 Å². The molecule has 0 radical (unpaired) electrons. The summed E-state index contributed by atoms with van der Waals surface area (Å²) in [5.74, 6) is -0.700. The normalized spacial score (nSPS) is 17.6. The highest BCUT2D eigenvalue weighted by molar-refractivity contribution is 6.04. The van der Waals surface area contributed by atoms with Crippen LogP contribution in [0.5, 0.6) is 0 Å². The minimum Gasteiger partial charge on any atom is -0.326 e. The van der Waals surface area contributed by atoms with Gasteiger partial charge in [0.2, 0.25) is 17.7 Å². The second-order valence-electron chi connectivity index (χ2n) is 7.99. The Morgan fingerprint density at radius 2 is 1.84 bits per heavy atom. The minimum absolute atomic E-state index is 0.0357. The van der Waals surface area contributed by atoms with E-state index >= 15 is 0 Å². The number of ketones is 1. The number of nitrogens with zero attached hydrogens (tertiary/aromatic N) is 2. The van der Waals surface area contributed by atoms with Crippen LogP contribution in [0.25, 0.3) is 0 Å². The molecule has 1 saturated heterocycles. The van der Waals surface area contributed by atoms with Crippen molar-refractivity contribution >= 4 is 40.6 Å². The van der Waals surface area contributed by atoms with Crippen molar-refractivity contribution in [3.05, 3.63) is 53.6 Å². The highest BCUT2D eigenvalue weighted by Gasteiger charge is 2.36. The van der Waals surface area contributed by atoms with E-state index in [-0.39, 0.29) is 29.9 Å². The van der Waals surface area contributed by atoms with Gasteiger partial charge < -0.3 is 15.1 Å². The number of Topliss-reactive ketones (excluding diaryl/α,β-unsaturated/α-hetero) is 1. The highest BCUT2D eigenvalue weighted by atomic mass is 16.2. The van der Waals surface area contributed by atoms with Crippen LogP contribution in [-0.4, -0.2) is 36.6 Å². The molecule has 1 fully saturated rings. The average molecular weight is 419 g/mol. The third-order valence-corrected chi connectivity index (χ3v) is 5.93. The minimum atomic E-state index is -0.452. The van der Waals surface area contributed by atoms with Gasteiger partial charge in [-0.25, -0.2) is 0 Å². The van der Waals surface area contributed by atoms with Gasteiger partial charge in [0.25, 0.3) is 0 Å². The summed E-state index contributed by atoms with van der Waals surface area (Å²) < 4.78 is 0. The molecule has 3 amide bonds. The Labute approximate surface area is 181 Å². The van der Waals surface area contributed by atoms with Gasteiger partial charge in [0, 0.05) is 48.6 Å². The van der Waals surface area contributed by atoms with Crippen molar-refractivity contribution in [1.82, 2.24) is 0 Å². The number of anilines is 3. The molecule has 0 unspecified atom stereocenters. The molecule has 2 aromatic carbocycles. The summed E-state index contributed by atoms with van der Waals surface area (Å²) in [5, 5.41) is 2.84. The number of rotatable bonds is 5. The zero-order valence-electron chi connectivity index (χ0n) is 17.7. The van der Waals surface area contributed by atoms with E-state index in [4.69, 9.17) is 0 Å². The third-order valence-electron chi connectivity index (χ3n) is 5.93. The van der Waals surface area contributed by atoms with E-state index in [2.05, 4.69) is 5.32 Å². The molecule has 0 aromatic heterocycles. The lowest BCUT2D eigenvalue weighted by atomic mass is 10.1. The second-order valence-corrected chi connectivity index (χ2v) is 7.99. The maximum Gasteiger partial charge on any atom is 0.229 e. The Kier molecular flexibility index (Phi) is 5.59. The van der Waals surface area contributed by atoms with Gasteiger partial charge in [0.1, 0.15) is 0 Å². The molecular weight excluding hydrogens is 394 g/mol. The van der Waals surface area contributed by atoms with E-state index in [9.17, 15) is 19.2 Å². The molecule has 4 rings (SSSR count). The van der Waals surface area contributed by atoms with Crippen LogP contribution in [0.3, 0.4) is 0 Å². The molecular formula is C24H25N3O4. The summed E-state index contributed by atoms with van der Waals surface area (Å²) in [7, 11) is 0. The molecule has 0 aliphatic carbocycles. The second kappa shape index (κ2) is 8.34. The van der Waals surface area contributed by atoms with Crippen LogP contribution in [0.1, 0.15) is 42.6 Å². The average Bonchev–Trinajstić information content (AvgIpc) is 3.36. The predicted molar refractivity (Wildman–Crippen MR) is 118 cm³/mol. The van der Waals surface area contributed by atoms with Crippen LogP contribution in [-0.2, 0) is 20.8 Å². The first-order chi connectivity index (χ1) is 14.9. The van der Waals surface area contributed by atoms with Crippen LogP contribution in [0, 0.1) is 5.92 Å². The first kappa shape index (κ1) is 20.8. The van der Waals surface area contributed by atoms with Crippen molar-refractivity contribution in [2.45, 2.75) is 33.1 Å². The number of carbonyl (C=O) groups is 4. The monoisotopic (exact) mass is 419 g/mol. The fourth-order valence-electron chi connectivity index (χ4n) is 4.17. The Morgan fingerprint density at radius 3 is 2.52 bits per heavy atom. The van der Waals surface area contributed by atoms with E-state index in [1.54, 1.807) is 34.1 Å². The van der Waals surface area contributed by atoms with Crippen LogP contribution < -0.4 is 15.1 Å². The van der Waals surface area contributed by atoms with Crippen molar-refractivity contribution in [2.75, 3.05) is 28.2 Å². The molecule has 160 valence electrons. The van der Waals surface area contributed by atoms with Crippen molar-refractivity contribution < 1.29 is 19.2 Å². The van der Waals surface area contributed by atoms with Crippen LogP contribution in [0.4, 0.5) is 17.1 Å². The van der Waals surface area contributed by atoms with Crippen molar-refractivity contribution in [2.24, 2.45) is 5.92 Å². The van der Waals surface area contributed by atoms with Gasteiger partial charge in [-0.05, 0) is 61.4 Å². The number of hydrogen-bond acceptors (Lipinski definition) is 4. The SMILES string of the molecule is CCC(=O)N1CCc2cc(N3C[C@H](C(=O)Nc4ccc(C(C)=O)cc4)CC3=O)ccc21. The van der Waals surface area contributed by atoms with E-state index in [1.807, 2.05) is 25.1 Å². The number of nitrogens with one attached hydrogen (secondary N) is 1. The molecule has 2 heterocycles. The summed E-state index contributed by atoms with van der Waals surface area (Å²) >= 11 is 0. The molecule has 2 aromatic rings. The zero-order chi connectivity index (χ0) is 22.1. The van der Waals surface area contributed by atoms with Gasteiger partial charge in [0.05, 0.1) is 5.92 Å². The number of amides is 3. The van der Waals surface area contributed by atoms with Gasteiger partial charge >= 0.3 is 0 Å². The van der Waals surface area contributed by atoms with Gasteiger partial charge in [-0.2, -0.15) is 0 Å². The summed E-state index contributed by atoms with van der Waals surface area (Å²) in [6.07, 6.45) is 1.37. The third kappa shape index (κ3) is 4.08. The lowest BCUT2D eigenvalue weighted by Crippen LogP contribution is -2.28. The molecule has 31 heavy (non-hydrogen) atoms. The molecule has 7 heteroatoms. The first-order valence-corrected chi connectivity index (χ1v) is 10.5. The summed E-state index contributed by atoms with van der Waals surface area (Å²) in [6, 6.07) is 12.4. The van der Waals surface area contributed by atoms with Crippen molar-refractivity contribution in [1.29, 1.82) is 0 Å². The first-order valence-electron chi connectivity index (χ1n) is 10.5. The Hall–Kier alpha value is -3.48. The Morgan fingerprint density at radius 1 is 1.10 bits per heavy atom. The summed E-state index contributed by atoms with van der Waals surface area (Å²) in [5.41, 5.74) is 3.89. The number of benzene rings is 2. The molecule has 1 atom stereocenters. The van der Waals surface area contributed by atoms with Crippen LogP contribution >= 0.6 is 0 Å². The molecule has 7 nitrogen and oxygen atoms in total. The largest absolute Gasteiger partial charge is 0.326 e. The van der Waals surface area contributed by atoms with Crippen molar-refractivity contribution in [3.63, 3.8) is 0 Å². The fraction of sp³-hybridized carbons (Fsp3) is 0.333. The predicted octanol–water partition coefficient (Wildman–Crippen LogP) is 3.18. The zero-order valence-corrected chi connectivity index (χ0v) is 17.7. The Bertz CT molecular complexity index is 1060. The van der Waals surface area contributed by atoms with Crippen LogP contribution in [0.15, 0.2) is 42.5 Å². The lowest BCUT2D eigenvalue weighted by Gasteiger charge is -2.20. The molecule has 0 saturated carbocycles. The van der Waals surface area contributed by atoms with Gasteiger partial charge in [-0.15, -0.1) is 0 Å². The number of fused-ring (bicyclic) bond motifs is 1. The van der Waals surface area contributed by atoms with Gasteiger partial charge in [0.15, 0.2) is 5.78 Å².